The smallest absolute Gasteiger partial charge is 0.416 e. The normalized spacial score (nSPS) is 12.7. The molecule has 104 valence electrons. The van der Waals surface area contributed by atoms with Crippen LogP contribution in [-0.4, -0.2) is 25.0 Å². The second kappa shape index (κ2) is 5.73. The van der Waals surface area contributed by atoms with Crippen molar-refractivity contribution in [1.29, 1.82) is 0 Å². The number of methoxy groups -OCH3 is 1. The number of nitrogens with one attached hydrogen (secondary N) is 1. The Kier molecular flexibility index (Phi) is 4.52. The molecule has 0 radical (unpaired) electrons. The molecule has 4 nitrogen and oxygen atoms in total. The molecular formula is C12H12F3NO3. The van der Waals surface area contributed by atoms with Gasteiger partial charge in [-0.25, -0.2) is 4.79 Å². The van der Waals surface area contributed by atoms with Crippen LogP contribution >= 0.6 is 0 Å². The van der Waals surface area contributed by atoms with Crippen molar-refractivity contribution in [2.75, 3.05) is 7.11 Å². The topological polar surface area (TPSA) is 55.4 Å². The molecule has 0 saturated carbocycles. The molecule has 0 spiro atoms. The molecule has 1 atom stereocenters. The lowest BCUT2D eigenvalue weighted by Crippen LogP contribution is -2.39. The number of hydrogen-bond acceptors (Lipinski definition) is 3. The fourth-order valence-electron chi connectivity index (χ4n) is 1.35. The van der Waals surface area contributed by atoms with E-state index in [9.17, 15) is 22.8 Å². The number of halogens is 3. The Hall–Kier alpha value is -2.05. The summed E-state index contributed by atoms with van der Waals surface area (Å²) in [4.78, 5) is 22.8. The Morgan fingerprint density at radius 2 is 1.95 bits per heavy atom. The third-order valence-electron chi connectivity index (χ3n) is 2.35. The number of amides is 1. The summed E-state index contributed by atoms with van der Waals surface area (Å²) in [7, 11) is 1.15. The van der Waals surface area contributed by atoms with Gasteiger partial charge in [0.1, 0.15) is 6.04 Å². The predicted molar refractivity (Wildman–Crippen MR) is 60.4 cm³/mol. The van der Waals surface area contributed by atoms with Crippen molar-refractivity contribution in [3.8, 4) is 0 Å². The molecule has 0 bridgehead atoms. The summed E-state index contributed by atoms with van der Waals surface area (Å²) < 4.78 is 41.8. The van der Waals surface area contributed by atoms with E-state index in [0.29, 0.717) is 0 Å². The van der Waals surface area contributed by atoms with Crippen molar-refractivity contribution >= 4 is 11.9 Å². The molecule has 1 aromatic rings. The zero-order valence-corrected chi connectivity index (χ0v) is 10.2. The average molecular weight is 275 g/mol. The maximum Gasteiger partial charge on any atom is 0.416 e. The van der Waals surface area contributed by atoms with E-state index in [1.165, 1.54) is 13.0 Å². The van der Waals surface area contributed by atoms with E-state index >= 15 is 0 Å². The molecule has 0 unspecified atom stereocenters. The van der Waals surface area contributed by atoms with Crippen molar-refractivity contribution in [1.82, 2.24) is 5.32 Å². The number of esters is 1. The lowest BCUT2D eigenvalue weighted by molar-refractivity contribution is -0.142. The third kappa shape index (κ3) is 3.97. The second-order valence-electron chi connectivity index (χ2n) is 3.80. The maximum atomic E-state index is 12.5. The van der Waals surface area contributed by atoms with E-state index in [2.05, 4.69) is 10.1 Å². The van der Waals surface area contributed by atoms with Crippen molar-refractivity contribution in [3.63, 3.8) is 0 Å². The molecule has 1 N–H and O–H groups in total. The average Bonchev–Trinajstić information content (AvgIpc) is 2.36. The lowest BCUT2D eigenvalue weighted by Gasteiger charge is -2.12. The summed E-state index contributed by atoms with van der Waals surface area (Å²) in [6.07, 6.45) is -4.52. The molecule has 1 amide bonds. The fraction of sp³-hybridized carbons (Fsp3) is 0.333. The van der Waals surface area contributed by atoms with Crippen molar-refractivity contribution < 1.29 is 27.5 Å². The quantitative estimate of drug-likeness (QED) is 0.858. The van der Waals surface area contributed by atoms with Gasteiger partial charge in [-0.3, -0.25) is 4.79 Å². The summed E-state index contributed by atoms with van der Waals surface area (Å²) in [5, 5.41) is 2.24. The van der Waals surface area contributed by atoms with Crippen LogP contribution in [0.5, 0.6) is 0 Å². The number of alkyl halides is 3. The largest absolute Gasteiger partial charge is 0.467 e. The van der Waals surface area contributed by atoms with Crippen LogP contribution < -0.4 is 5.32 Å². The molecule has 0 heterocycles. The highest BCUT2D eigenvalue weighted by atomic mass is 19.4. The van der Waals surface area contributed by atoms with Gasteiger partial charge in [-0.15, -0.1) is 0 Å². The first-order valence-corrected chi connectivity index (χ1v) is 5.31. The highest BCUT2D eigenvalue weighted by Gasteiger charge is 2.31. The summed E-state index contributed by atoms with van der Waals surface area (Å²) in [6, 6.07) is 3.00. The second-order valence-corrected chi connectivity index (χ2v) is 3.80. The highest BCUT2D eigenvalue weighted by Crippen LogP contribution is 2.29. The van der Waals surface area contributed by atoms with Gasteiger partial charge >= 0.3 is 12.1 Å². The Morgan fingerprint density at radius 1 is 1.32 bits per heavy atom. The molecule has 7 heteroatoms. The van der Waals surface area contributed by atoms with Crippen LogP contribution in [0.1, 0.15) is 22.8 Å². The first-order chi connectivity index (χ1) is 8.75. The molecule has 0 aliphatic rings. The first kappa shape index (κ1) is 15.0. The molecule has 19 heavy (non-hydrogen) atoms. The minimum absolute atomic E-state index is 0.175. The molecule has 0 fully saturated rings. The highest BCUT2D eigenvalue weighted by molar-refractivity contribution is 5.96. The van der Waals surface area contributed by atoms with Crippen LogP contribution in [0, 0.1) is 0 Å². The Bertz CT molecular complexity index is 485. The third-order valence-corrected chi connectivity index (χ3v) is 2.35. The Labute approximate surface area is 107 Å². The lowest BCUT2D eigenvalue weighted by atomic mass is 10.1. The van der Waals surface area contributed by atoms with Gasteiger partial charge in [0.05, 0.1) is 12.7 Å². The number of carbonyl (C=O) groups excluding carboxylic acids is 2. The van der Waals surface area contributed by atoms with Crippen LogP contribution in [-0.2, 0) is 15.7 Å². The number of carbonyl (C=O) groups is 2. The van der Waals surface area contributed by atoms with Crippen LogP contribution in [0.25, 0.3) is 0 Å². The minimum Gasteiger partial charge on any atom is -0.467 e. The molecule has 1 rings (SSSR count). The van der Waals surface area contributed by atoms with E-state index in [4.69, 9.17) is 0 Å². The van der Waals surface area contributed by atoms with Gasteiger partial charge in [-0.2, -0.15) is 13.2 Å². The zero-order valence-electron chi connectivity index (χ0n) is 10.2. The number of rotatable bonds is 3. The van der Waals surface area contributed by atoms with Gasteiger partial charge < -0.3 is 10.1 Å². The maximum absolute atomic E-state index is 12.5. The van der Waals surface area contributed by atoms with Crippen molar-refractivity contribution in [2.24, 2.45) is 0 Å². The van der Waals surface area contributed by atoms with Crippen molar-refractivity contribution in [2.45, 2.75) is 19.1 Å². The molecule has 0 saturated heterocycles. The number of benzene rings is 1. The van der Waals surface area contributed by atoms with Crippen LogP contribution in [0.4, 0.5) is 13.2 Å². The van der Waals surface area contributed by atoms with Crippen LogP contribution in [0.3, 0.4) is 0 Å². The first-order valence-electron chi connectivity index (χ1n) is 5.31. The summed E-state index contributed by atoms with van der Waals surface area (Å²) in [5.41, 5.74) is -1.10. The molecule has 0 aliphatic carbocycles. The van der Waals surface area contributed by atoms with E-state index in [0.717, 1.165) is 25.3 Å². The summed E-state index contributed by atoms with van der Waals surface area (Å²) >= 11 is 0. The zero-order chi connectivity index (χ0) is 14.6. The number of ether oxygens (including phenoxy) is 1. The molecule has 1 aromatic carbocycles. The van der Waals surface area contributed by atoms with Crippen LogP contribution in [0.2, 0.25) is 0 Å². The van der Waals surface area contributed by atoms with E-state index in [1.807, 2.05) is 0 Å². The van der Waals surface area contributed by atoms with Gasteiger partial charge in [0.25, 0.3) is 5.91 Å². The fourth-order valence-corrected chi connectivity index (χ4v) is 1.35. The number of hydrogen-bond donors (Lipinski definition) is 1. The standard InChI is InChI=1S/C12H12F3NO3/c1-7(11(18)19-2)16-10(17)8-4-3-5-9(6-8)12(13,14)15/h3-7H,1-2H3,(H,16,17)/t7-/m1/s1. The SMILES string of the molecule is COC(=O)[C@@H](C)NC(=O)c1cccc(C(F)(F)F)c1. The van der Waals surface area contributed by atoms with Crippen molar-refractivity contribution in [3.05, 3.63) is 35.4 Å². The van der Waals surface area contributed by atoms with Gasteiger partial charge in [0.15, 0.2) is 0 Å². The van der Waals surface area contributed by atoms with Gasteiger partial charge in [-0.1, -0.05) is 6.07 Å². The summed E-state index contributed by atoms with van der Waals surface area (Å²) in [6.45, 7) is 1.37. The van der Waals surface area contributed by atoms with Crippen LogP contribution in [0.15, 0.2) is 24.3 Å². The molecule has 0 aromatic heterocycles. The van der Waals surface area contributed by atoms with Gasteiger partial charge in [-0.05, 0) is 25.1 Å². The summed E-state index contributed by atoms with van der Waals surface area (Å²) in [5.74, 6) is -1.45. The minimum atomic E-state index is -4.52. The molecule has 0 aliphatic heterocycles. The molecular weight excluding hydrogens is 263 g/mol. The van der Waals surface area contributed by atoms with E-state index < -0.39 is 29.7 Å². The Morgan fingerprint density at radius 3 is 2.47 bits per heavy atom. The van der Waals surface area contributed by atoms with E-state index in [-0.39, 0.29) is 5.56 Å². The van der Waals surface area contributed by atoms with E-state index in [1.54, 1.807) is 0 Å². The monoisotopic (exact) mass is 275 g/mol. The Balaban J connectivity index is 2.86. The predicted octanol–water partition coefficient (Wildman–Crippen LogP) is 2.00. The van der Waals surface area contributed by atoms with Gasteiger partial charge in [0, 0.05) is 5.56 Å². The van der Waals surface area contributed by atoms with Gasteiger partial charge in [0.2, 0.25) is 0 Å².